The molecule has 3 aromatic rings. The zero-order valence-electron chi connectivity index (χ0n) is 19.1. The topological polar surface area (TPSA) is 112 Å². The number of anilines is 1. The van der Waals surface area contributed by atoms with E-state index in [0.29, 0.717) is 31.5 Å². The average Bonchev–Trinajstić information content (AvgIpc) is 3.11. The number of carbonyl (C=O) groups is 1. The zero-order chi connectivity index (χ0) is 24.5. The Balaban J connectivity index is 1.61. The number of nitrogens with zero attached hydrogens (tertiary/aromatic N) is 6. The maximum atomic E-state index is 14.4. The third-order valence-electron chi connectivity index (χ3n) is 5.25. The van der Waals surface area contributed by atoms with E-state index in [9.17, 15) is 13.6 Å². The molecule has 0 spiro atoms. The number of carbonyl (C=O) groups excluding carboxylic acids is 1. The van der Waals surface area contributed by atoms with Crippen LogP contribution in [0.3, 0.4) is 0 Å². The van der Waals surface area contributed by atoms with Gasteiger partial charge in [-0.15, -0.1) is 5.10 Å². The van der Waals surface area contributed by atoms with Gasteiger partial charge in [-0.2, -0.15) is 4.68 Å². The van der Waals surface area contributed by atoms with Crippen LogP contribution in [0.25, 0.3) is 22.6 Å². The van der Waals surface area contributed by atoms with Gasteiger partial charge in [-0.3, -0.25) is 0 Å². The SMILES string of the molecule is CC(C)(C)OC(=O)N1CCC=C(c2cnc(N)c(-c3nnnn3-c3cccc(F)c3F)c2)CC1. The lowest BCUT2D eigenvalue weighted by Gasteiger charge is -2.26. The van der Waals surface area contributed by atoms with Gasteiger partial charge in [0.2, 0.25) is 0 Å². The van der Waals surface area contributed by atoms with Crippen LogP contribution in [0, 0.1) is 11.6 Å². The lowest BCUT2D eigenvalue weighted by molar-refractivity contribution is 0.0260. The number of rotatable bonds is 3. The van der Waals surface area contributed by atoms with Crippen LogP contribution in [0.2, 0.25) is 0 Å². The van der Waals surface area contributed by atoms with E-state index in [1.807, 2.05) is 26.8 Å². The highest BCUT2D eigenvalue weighted by atomic mass is 19.2. The molecule has 0 saturated carbocycles. The number of ether oxygens (including phenoxy) is 1. The number of aromatic nitrogens is 5. The number of hydrogen-bond donors (Lipinski definition) is 1. The molecule has 2 aromatic heterocycles. The highest BCUT2D eigenvalue weighted by Crippen LogP contribution is 2.30. The molecule has 34 heavy (non-hydrogen) atoms. The van der Waals surface area contributed by atoms with Gasteiger partial charge < -0.3 is 15.4 Å². The number of pyridine rings is 1. The van der Waals surface area contributed by atoms with Crippen molar-refractivity contribution in [2.24, 2.45) is 0 Å². The van der Waals surface area contributed by atoms with Crippen molar-refractivity contribution in [3.63, 3.8) is 0 Å². The summed E-state index contributed by atoms with van der Waals surface area (Å²) in [6, 6.07) is 5.50. The Labute approximate surface area is 195 Å². The Bertz CT molecular complexity index is 1250. The minimum Gasteiger partial charge on any atom is -0.444 e. The number of hydrogen-bond acceptors (Lipinski definition) is 7. The van der Waals surface area contributed by atoms with Gasteiger partial charge in [-0.1, -0.05) is 12.1 Å². The highest BCUT2D eigenvalue weighted by molar-refractivity contribution is 5.76. The van der Waals surface area contributed by atoms with Crippen LogP contribution in [0.5, 0.6) is 0 Å². The van der Waals surface area contributed by atoms with Crippen molar-refractivity contribution in [3.05, 3.63) is 53.7 Å². The number of amides is 1. The summed E-state index contributed by atoms with van der Waals surface area (Å²) in [5, 5.41) is 11.4. The molecule has 0 aliphatic carbocycles. The fourth-order valence-electron chi connectivity index (χ4n) is 3.64. The molecule has 1 aliphatic rings. The molecule has 1 aliphatic heterocycles. The number of halogens is 2. The Morgan fingerprint density at radius 1 is 1.21 bits per heavy atom. The van der Waals surface area contributed by atoms with Crippen LogP contribution in [0.4, 0.5) is 19.4 Å². The van der Waals surface area contributed by atoms with Crippen molar-refractivity contribution in [1.29, 1.82) is 0 Å². The van der Waals surface area contributed by atoms with Gasteiger partial charge in [0.05, 0.1) is 5.56 Å². The first-order valence-electron chi connectivity index (χ1n) is 10.8. The standard InChI is InChI=1S/C23H25F2N7O2/c1-23(2,3)34-22(33)31-10-5-6-14(9-11-31)15-12-16(20(26)27-13-15)21-28-29-30-32(21)18-8-4-7-17(24)19(18)25/h4,6-8,12-13H,5,9-11H2,1-3H3,(H2,26,27). The van der Waals surface area contributed by atoms with E-state index in [1.54, 1.807) is 17.2 Å². The first kappa shape index (κ1) is 23.3. The molecule has 1 amide bonds. The van der Waals surface area contributed by atoms with E-state index in [2.05, 4.69) is 20.5 Å². The summed E-state index contributed by atoms with van der Waals surface area (Å²) in [4.78, 5) is 18.4. The van der Waals surface area contributed by atoms with Gasteiger partial charge in [0.25, 0.3) is 0 Å². The second-order valence-corrected chi connectivity index (χ2v) is 8.88. The molecule has 0 radical (unpaired) electrons. The molecule has 0 fully saturated rings. The van der Waals surface area contributed by atoms with Crippen LogP contribution < -0.4 is 5.73 Å². The molecular weight excluding hydrogens is 444 g/mol. The van der Waals surface area contributed by atoms with Crippen LogP contribution in [-0.4, -0.2) is 54.9 Å². The third kappa shape index (κ3) is 4.87. The van der Waals surface area contributed by atoms with Crippen LogP contribution >= 0.6 is 0 Å². The van der Waals surface area contributed by atoms with Crippen LogP contribution in [0.1, 0.15) is 39.2 Å². The normalized spacial score (nSPS) is 14.5. The molecule has 2 N–H and O–H groups in total. The summed E-state index contributed by atoms with van der Waals surface area (Å²) in [6.07, 6.45) is 4.53. The van der Waals surface area contributed by atoms with E-state index in [1.165, 1.54) is 12.1 Å². The molecule has 3 heterocycles. The summed E-state index contributed by atoms with van der Waals surface area (Å²) >= 11 is 0. The maximum Gasteiger partial charge on any atom is 0.410 e. The number of nitrogens with two attached hydrogens (primary N) is 1. The first-order chi connectivity index (χ1) is 16.1. The highest BCUT2D eigenvalue weighted by Gasteiger charge is 2.24. The fraction of sp³-hybridized carbons (Fsp3) is 0.348. The molecule has 0 atom stereocenters. The molecule has 9 nitrogen and oxygen atoms in total. The van der Waals surface area contributed by atoms with Crippen LogP contribution in [0.15, 0.2) is 36.5 Å². The van der Waals surface area contributed by atoms with Gasteiger partial charge in [0.1, 0.15) is 17.1 Å². The molecule has 178 valence electrons. The number of nitrogen functional groups attached to an aromatic ring is 1. The van der Waals surface area contributed by atoms with Crippen molar-refractivity contribution in [1.82, 2.24) is 30.1 Å². The Kier molecular flexibility index (Phi) is 6.27. The predicted molar refractivity (Wildman–Crippen MR) is 122 cm³/mol. The fourth-order valence-corrected chi connectivity index (χ4v) is 3.64. The Morgan fingerprint density at radius 3 is 2.76 bits per heavy atom. The predicted octanol–water partition coefficient (Wildman–Crippen LogP) is 4.00. The molecule has 0 unspecified atom stereocenters. The quantitative estimate of drug-likeness (QED) is 0.617. The molecule has 0 saturated heterocycles. The molecule has 4 rings (SSSR count). The van der Waals surface area contributed by atoms with Crippen molar-refractivity contribution < 1.29 is 18.3 Å². The van der Waals surface area contributed by atoms with Gasteiger partial charge in [-0.25, -0.2) is 18.6 Å². The van der Waals surface area contributed by atoms with E-state index in [4.69, 9.17) is 10.5 Å². The van der Waals surface area contributed by atoms with Gasteiger partial charge in [0, 0.05) is 19.3 Å². The first-order valence-corrected chi connectivity index (χ1v) is 10.8. The maximum absolute atomic E-state index is 14.4. The molecule has 1 aromatic carbocycles. The smallest absolute Gasteiger partial charge is 0.410 e. The zero-order valence-corrected chi connectivity index (χ0v) is 19.1. The molecule has 0 bridgehead atoms. The minimum absolute atomic E-state index is 0.126. The monoisotopic (exact) mass is 469 g/mol. The third-order valence-corrected chi connectivity index (χ3v) is 5.25. The summed E-state index contributed by atoms with van der Waals surface area (Å²) in [5.41, 5.74) is 7.50. The lowest BCUT2D eigenvalue weighted by Crippen LogP contribution is -2.37. The van der Waals surface area contributed by atoms with Crippen molar-refractivity contribution >= 4 is 17.5 Å². The largest absolute Gasteiger partial charge is 0.444 e. The molecule has 11 heteroatoms. The van der Waals surface area contributed by atoms with E-state index >= 15 is 0 Å². The number of tetrazole rings is 1. The van der Waals surface area contributed by atoms with Gasteiger partial charge in [-0.05, 0) is 73.4 Å². The van der Waals surface area contributed by atoms with Crippen molar-refractivity contribution in [2.45, 2.75) is 39.2 Å². The summed E-state index contributed by atoms with van der Waals surface area (Å²) < 4.78 is 34.7. The van der Waals surface area contributed by atoms with E-state index in [0.717, 1.165) is 21.9 Å². The average molecular weight is 469 g/mol. The Morgan fingerprint density at radius 2 is 2.00 bits per heavy atom. The minimum atomic E-state index is -1.08. The summed E-state index contributed by atoms with van der Waals surface area (Å²) in [6.45, 7) is 6.50. The van der Waals surface area contributed by atoms with Crippen molar-refractivity contribution in [2.75, 3.05) is 18.8 Å². The summed E-state index contributed by atoms with van der Waals surface area (Å²) in [7, 11) is 0. The molecular formula is C23H25F2N7O2. The van der Waals surface area contributed by atoms with Gasteiger partial charge in [0.15, 0.2) is 17.5 Å². The summed E-state index contributed by atoms with van der Waals surface area (Å²) in [5.74, 6) is -1.83. The second kappa shape index (κ2) is 9.16. The van der Waals surface area contributed by atoms with Gasteiger partial charge >= 0.3 is 6.09 Å². The number of benzene rings is 1. The Hall–Kier alpha value is -3.89. The van der Waals surface area contributed by atoms with Crippen LogP contribution in [-0.2, 0) is 4.74 Å². The second-order valence-electron chi connectivity index (χ2n) is 8.88. The van der Waals surface area contributed by atoms with Crippen molar-refractivity contribution in [3.8, 4) is 17.1 Å². The van der Waals surface area contributed by atoms with E-state index < -0.39 is 17.2 Å². The lowest BCUT2D eigenvalue weighted by atomic mass is 10.0. The van der Waals surface area contributed by atoms with E-state index in [-0.39, 0.29) is 23.4 Å².